The summed E-state index contributed by atoms with van der Waals surface area (Å²) in [5.41, 5.74) is 6.15. The standard InChI is InChI=1S/C24H38N6.HI/c1-5-25-24(27-17-23-19(2)28-29(4)20(23)3)26-16-21-11-10-12-22(15-21)18-30-13-8-6-7-9-14-30;/h10-12,15H,5-9,13-14,16-18H2,1-4H3,(H2,25,26,27);1H. The molecule has 0 saturated carbocycles. The van der Waals surface area contributed by atoms with Gasteiger partial charge in [0.2, 0.25) is 0 Å². The molecule has 1 aliphatic heterocycles. The Bertz CT molecular complexity index is 837. The Morgan fingerprint density at radius 1 is 1.06 bits per heavy atom. The molecule has 3 rings (SSSR count). The van der Waals surface area contributed by atoms with Crippen molar-refractivity contribution in [3.8, 4) is 0 Å². The lowest BCUT2D eigenvalue weighted by Gasteiger charge is -2.20. The minimum atomic E-state index is 0. The minimum Gasteiger partial charge on any atom is -0.357 e. The number of nitrogens with zero attached hydrogens (tertiary/aromatic N) is 4. The van der Waals surface area contributed by atoms with Gasteiger partial charge in [0.25, 0.3) is 0 Å². The Balaban J connectivity index is 0.00000341. The van der Waals surface area contributed by atoms with Gasteiger partial charge in [-0.2, -0.15) is 5.10 Å². The predicted octanol–water partition coefficient (Wildman–Crippen LogP) is 4.29. The number of hydrogen-bond acceptors (Lipinski definition) is 3. The van der Waals surface area contributed by atoms with Crippen LogP contribution in [0.2, 0.25) is 0 Å². The molecule has 0 radical (unpaired) electrons. The molecule has 6 nitrogen and oxygen atoms in total. The normalized spacial score (nSPS) is 15.3. The summed E-state index contributed by atoms with van der Waals surface area (Å²) in [6, 6.07) is 8.90. The molecule has 1 saturated heterocycles. The van der Waals surface area contributed by atoms with Crippen molar-refractivity contribution in [2.75, 3.05) is 19.6 Å². The highest BCUT2D eigenvalue weighted by atomic mass is 127. The summed E-state index contributed by atoms with van der Waals surface area (Å²) in [4.78, 5) is 7.42. The third-order valence-electron chi connectivity index (χ3n) is 5.95. The average Bonchev–Trinajstić information content (AvgIpc) is 2.91. The minimum absolute atomic E-state index is 0. The maximum Gasteiger partial charge on any atom is 0.191 e. The topological polar surface area (TPSA) is 57.5 Å². The largest absolute Gasteiger partial charge is 0.357 e. The maximum atomic E-state index is 4.82. The Hall–Kier alpha value is -1.61. The number of guanidine groups is 1. The van der Waals surface area contributed by atoms with Crippen LogP contribution in [0.4, 0.5) is 0 Å². The molecule has 0 amide bonds. The number of aliphatic imine (C=N–C) groups is 1. The van der Waals surface area contributed by atoms with E-state index in [0.29, 0.717) is 6.54 Å². The second-order valence-electron chi connectivity index (χ2n) is 8.33. The van der Waals surface area contributed by atoms with Crippen LogP contribution < -0.4 is 10.6 Å². The maximum absolute atomic E-state index is 4.82. The van der Waals surface area contributed by atoms with Crippen LogP contribution in [-0.4, -0.2) is 40.3 Å². The van der Waals surface area contributed by atoms with Crippen LogP contribution in [0.15, 0.2) is 29.3 Å². The summed E-state index contributed by atoms with van der Waals surface area (Å²) in [5.74, 6) is 0.845. The zero-order valence-electron chi connectivity index (χ0n) is 19.6. The van der Waals surface area contributed by atoms with E-state index in [-0.39, 0.29) is 24.0 Å². The number of nitrogens with one attached hydrogen (secondary N) is 2. The molecule has 1 fully saturated rings. The van der Waals surface area contributed by atoms with E-state index in [1.807, 2.05) is 11.7 Å². The van der Waals surface area contributed by atoms with E-state index < -0.39 is 0 Å². The Labute approximate surface area is 204 Å². The molecule has 0 spiro atoms. The van der Waals surface area contributed by atoms with Gasteiger partial charge < -0.3 is 10.6 Å². The average molecular weight is 539 g/mol. The second-order valence-corrected chi connectivity index (χ2v) is 8.33. The molecule has 1 aromatic heterocycles. The van der Waals surface area contributed by atoms with Crippen molar-refractivity contribution in [3.05, 3.63) is 52.3 Å². The molecular weight excluding hydrogens is 499 g/mol. The van der Waals surface area contributed by atoms with Crippen molar-refractivity contribution in [1.29, 1.82) is 0 Å². The number of halogens is 1. The highest BCUT2D eigenvalue weighted by molar-refractivity contribution is 14.0. The van der Waals surface area contributed by atoms with Crippen LogP contribution in [0.1, 0.15) is 60.7 Å². The van der Waals surface area contributed by atoms with Gasteiger partial charge in [0.1, 0.15) is 0 Å². The van der Waals surface area contributed by atoms with Crippen molar-refractivity contribution in [3.63, 3.8) is 0 Å². The first-order valence-electron chi connectivity index (χ1n) is 11.4. The van der Waals surface area contributed by atoms with Crippen LogP contribution >= 0.6 is 24.0 Å². The van der Waals surface area contributed by atoms with Gasteiger partial charge in [-0.3, -0.25) is 9.58 Å². The van der Waals surface area contributed by atoms with E-state index in [0.717, 1.165) is 31.3 Å². The molecule has 0 atom stereocenters. The van der Waals surface area contributed by atoms with Crippen LogP contribution in [0.5, 0.6) is 0 Å². The molecule has 0 bridgehead atoms. The zero-order chi connectivity index (χ0) is 21.3. The van der Waals surface area contributed by atoms with E-state index in [4.69, 9.17) is 4.99 Å². The molecule has 2 aromatic rings. The zero-order valence-corrected chi connectivity index (χ0v) is 21.9. The molecule has 2 heterocycles. The van der Waals surface area contributed by atoms with Gasteiger partial charge in [-0.25, -0.2) is 4.99 Å². The van der Waals surface area contributed by atoms with E-state index in [2.05, 4.69) is 65.7 Å². The Morgan fingerprint density at radius 2 is 1.77 bits per heavy atom. The van der Waals surface area contributed by atoms with Gasteiger partial charge in [-0.15, -0.1) is 24.0 Å². The van der Waals surface area contributed by atoms with Gasteiger partial charge in [0, 0.05) is 37.9 Å². The van der Waals surface area contributed by atoms with Crippen molar-refractivity contribution >= 4 is 29.9 Å². The molecule has 7 heteroatoms. The summed E-state index contributed by atoms with van der Waals surface area (Å²) >= 11 is 0. The number of benzene rings is 1. The van der Waals surface area contributed by atoms with Crippen LogP contribution in [-0.2, 0) is 26.7 Å². The fourth-order valence-corrected chi connectivity index (χ4v) is 4.14. The summed E-state index contributed by atoms with van der Waals surface area (Å²) < 4.78 is 1.94. The third-order valence-corrected chi connectivity index (χ3v) is 5.95. The van der Waals surface area contributed by atoms with E-state index >= 15 is 0 Å². The third kappa shape index (κ3) is 7.79. The summed E-state index contributed by atoms with van der Waals surface area (Å²) in [6.45, 7) is 12.0. The lowest BCUT2D eigenvalue weighted by Crippen LogP contribution is -2.37. The van der Waals surface area contributed by atoms with Gasteiger partial charge in [0.05, 0.1) is 12.2 Å². The first kappa shape index (κ1) is 25.6. The smallest absolute Gasteiger partial charge is 0.191 e. The number of hydrogen-bond donors (Lipinski definition) is 2. The second kappa shape index (κ2) is 13.1. The van der Waals surface area contributed by atoms with Gasteiger partial charge in [-0.1, -0.05) is 37.1 Å². The van der Waals surface area contributed by atoms with E-state index in [9.17, 15) is 0 Å². The molecule has 31 heavy (non-hydrogen) atoms. The Morgan fingerprint density at radius 3 is 2.42 bits per heavy atom. The number of aromatic nitrogens is 2. The van der Waals surface area contributed by atoms with Crippen LogP contribution in [0, 0.1) is 13.8 Å². The first-order valence-corrected chi connectivity index (χ1v) is 11.4. The SMILES string of the molecule is CCNC(=NCc1cccc(CN2CCCCCC2)c1)NCc1c(C)nn(C)c1C.I. The van der Waals surface area contributed by atoms with Crippen molar-refractivity contribution in [2.24, 2.45) is 12.0 Å². The van der Waals surface area contributed by atoms with Crippen LogP contribution in [0.25, 0.3) is 0 Å². The lowest BCUT2D eigenvalue weighted by atomic mass is 10.1. The van der Waals surface area contributed by atoms with Crippen LogP contribution in [0.3, 0.4) is 0 Å². The highest BCUT2D eigenvalue weighted by Crippen LogP contribution is 2.15. The molecule has 0 unspecified atom stereocenters. The number of likely N-dealkylation sites (tertiary alicyclic amines) is 1. The summed E-state index contributed by atoms with van der Waals surface area (Å²) in [5, 5.41) is 11.3. The highest BCUT2D eigenvalue weighted by Gasteiger charge is 2.11. The van der Waals surface area contributed by atoms with Crippen molar-refractivity contribution in [2.45, 2.75) is 66.1 Å². The Kier molecular flexibility index (Phi) is 10.8. The molecular formula is C24H39IN6. The fraction of sp³-hybridized carbons (Fsp3) is 0.583. The van der Waals surface area contributed by atoms with Crippen molar-refractivity contribution < 1.29 is 0 Å². The van der Waals surface area contributed by atoms with Gasteiger partial charge in [0.15, 0.2) is 5.96 Å². The van der Waals surface area contributed by atoms with Gasteiger partial charge in [-0.05, 0) is 57.8 Å². The number of aryl methyl sites for hydroxylation is 2. The van der Waals surface area contributed by atoms with Crippen molar-refractivity contribution in [1.82, 2.24) is 25.3 Å². The predicted molar refractivity (Wildman–Crippen MR) is 140 cm³/mol. The van der Waals surface area contributed by atoms with E-state index in [1.165, 1.54) is 61.2 Å². The first-order chi connectivity index (χ1) is 14.6. The molecule has 172 valence electrons. The summed E-state index contributed by atoms with van der Waals surface area (Å²) in [7, 11) is 1.99. The molecule has 1 aliphatic rings. The molecule has 0 aliphatic carbocycles. The van der Waals surface area contributed by atoms with E-state index in [1.54, 1.807) is 0 Å². The lowest BCUT2D eigenvalue weighted by molar-refractivity contribution is 0.277. The summed E-state index contributed by atoms with van der Waals surface area (Å²) in [6.07, 6.45) is 5.42. The molecule has 2 N–H and O–H groups in total. The van der Waals surface area contributed by atoms with Gasteiger partial charge >= 0.3 is 0 Å². The molecule has 1 aromatic carbocycles. The number of rotatable bonds is 7. The fourth-order valence-electron chi connectivity index (χ4n) is 4.14. The quantitative estimate of drug-likeness (QED) is 0.314. The monoisotopic (exact) mass is 538 g/mol.